The fourth-order valence-electron chi connectivity index (χ4n) is 2.58. The number of benzene rings is 2. The second-order valence-corrected chi connectivity index (χ2v) is 7.66. The van der Waals surface area contributed by atoms with E-state index in [0.717, 1.165) is 42.0 Å². The molecule has 2 aromatic rings. The molecule has 6 heteroatoms. The summed E-state index contributed by atoms with van der Waals surface area (Å²) in [5.74, 6) is 0.739. The predicted octanol–water partition coefficient (Wildman–Crippen LogP) is 2.84. The summed E-state index contributed by atoms with van der Waals surface area (Å²) in [5, 5.41) is 3.24. The normalized spacial score (nSPS) is 14.7. The smallest absolute Gasteiger partial charge is 0.261 e. The van der Waals surface area contributed by atoms with Gasteiger partial charge in [0.15, 0.2) is 0 Å². The topological polar surface area (TPSA) is 70.6 Å². The molecule has 0 aromatic heterocycles. The second kappa shape index (κ2) is 6.65. The molecule has 0 aliphatic carbocycles. The number of nitrogens with one attached hydrogen (secondary N) is 2. The minimum absolute atomic E-state index is 0.249. The highest BCUT2D eigenvalue weighted by atomic mass is 32.2. The van der Waals surface area contributed by atoms with Crippen LogP contribution >= 0.6 is 0 Å². The number of anilines is 1. The monoisotopic (exact) mass is 343 g/mol. The van der Waals surface area contributed by atoms with Crippen molar-refractivity contribution in [3.8, 4) is 0 Å². The maximum Gasteiger partial charge on any atom is 0.261 e. The van der Waals surface area contributed by atoms with Gasteiger partial charge in [0, 0.05) is 18.7 Å². The maximum atomic E-state index is 12.7. The van der Waals surface area contributed by atoms with Crippen LogP contribution in [0.1, 0.15) is 23.1 Å². The molecule has 2 N–H and O–H groups in total. The van der Waals surface area contributed by atoms with Gasteiger partial charge < -0.3 is 5.32 Å². The van der Waals surface area contributed by atoms with Crippen LogP contribution in [0.4, 0.5) is 5.69 Å². The van der Waals surface area contributed by atoms with Crippen LogP contribution in [0.3, 0.4) is 0 Å². The summed E-state index contributed by atoms with van der Waals surface area (Å²) in [6.07, 6.45) is 0.986. The number of nitrogens with zero attached hydrogens (tertiary/aromatic N) is 1. The van der Waals surface area contributed by atoms with Crippen molar-refractivity contribution in [2.75, 3.05) is 17.8 Å². The first-order valence-corrected chi connectivity index (χ1v) is 9.43. The van der Waals surface area contributed by atoms with E-state index in [1.165, 1.54) is 0 Å². The molecule has 0 spiro atoms. The van der Waals surface area contributed by atoms with Gasteiger partial charge in [-0.15, -0.1) is 0 Å². The van der Waals surface area contributed by atoms with Gasteiger partial charge in [-0.3, -0.25) is 9.71 Å². The minimum Gasteiger partial charge on any atom is -0.370 e. The van der Waals surface area contributed by atoms with Crippen molar-refractivity contribution in [1.29, 1.82) is 0 Å². The lowest BCUT2D eigenvalue weighted by atomic mass is 10.1. The van der Waals surface area contributed by atoms with Crippen molar-refractivity contribution in [2.24, 2.45) is 4.99 Å². The Labute approximate surface area is 142 Å². The van der Waals surface area contributed by atoms with Crippen molar-refractivity contribution < 1.29 is 8.42 Å². The number of hydrogen-bond donors (Lipinski definition) is 2. The third-order valence-electron chi connectivity index (χ3n) is 3.90. The zero-order valence-electron chi connectivity index (χ0n) is 13.8. The molecule has 126 valence electrons. The Bertz CT molecular complexity index is 872. The third-order valence-corrected chi connectivity index (χ3v) is 5.28. The molecule has 3 rings (SSSR count). The molecular formula is C18H21N3O2S. The summed E-state index contributed by atoms with van der Waals surface area (Å²) in [6.45, 7) is 5.45. The molecule has 0 atom stereocenters. The average molecular weight is 343 g/mol. The highest BCUT2D eigenvalue weighted by Crippen LogP contribution is 2.23. The molecule has 0 saturated heterocycles. The molecule has 0 radical (unpaired) electrons. The van der Waals surface area contributed by atoms with E-state index in [4.69, 9.17) is 0 Å². The zero-order valence-corrected chi connectivity index (χ0v) is 14.7. The van der Waals surface area contributed by atoms with Crippen molar-refractivity contribution in [3.05, 3.63) is 59.2 Å². The van der Waals surface area contributed by atoms with Gasteiger partial charge >= 0.3 is 0 Å². The highest BCUT2D eigenvalue weighted by Gasteiger charge is 2.18. The van der Waals surface area contributed by atoms with Crippen LogP contribution in [-0.4, -0.2) is 27.3 Å². The van der Waals surface area contributed by atoms with E-state index < -0.39 is 10.0 Å². The molecule has 0 bridgehead atoms. The van der Waals surface area contributed by atoms with Crippen LogP contribution in [0.5, 0.6) is 0 Å². The number of aryl methyl sites for hydroxylation is 2. The summed E-state index contributed by atoms with van der Waals surface area (Å²) in [7, 11) is -3.64. The molecule has 24 heavy (non-hydrogen) atoms. The number of aliphatic imine (C=N–C) groups is 1. The van der Waals surface area contributed by atoms with Crippen LogP contribution in [-0.2, 0) is 10.0 Å². The molecule has 1 heterocycles. The summed E-state index contributed by atoms with van der Waals surface area (Å²) in [6, 6.07) is 12.5. The molecule has 0 unspecified atom stereocenters. The molecule has 1 aliphatic heterocycles. The Morgan fingerprint density at radius 2 is 1.75 bits per heavy atom. The number of amidine groups is 1. The van der Waals surface area contributed by atoms with Gasteiger partial charge in [0.25, 0.3) is 10.0 Å². The summed E-state index contributed by atoms with van der Waals surface area (Å²) < 4.78 is 28.1. The Morgan fingerprint density at radius 1 is 1.04 bits per heavy atom. The lowest BCUT2D eigenvalue weighted by Gasteiger charge is -2.19. The van der Waals surface area contributed by atoms with Gasteiger partial charge in [-0.1, -0.05) is 23.8 Å². The van der Waals surface area contributed by atoms with Crippen molar-refractivity contribution in [1.82, 2.24) is 5.32 Å². The van der Waals surface area contributed by atoms with E-state index in [-0.39, 0.29) is 4.90 Å². The Morgan fingerprint density at radius 3 is 2.42 bits per heavy atom. The quantitative estimate of drug-likeness (QED) is 0.897. The molecular weight excluding hydrogens is 322 g/mol. The Kier molecular flexibility index (Phi) is 4.57. The standard InChI is InChI=1S/C18H21N3O2S/c1-13-4-7-15(8-5-13)24(22,23)21-17-12-14(2)6-9-16(17)18-19-10-3-11-20-18/h4-9,12,21H,3,10-11H2,1-2H3,(H,19,20). The van der Waals surface area contributed by atoms with E-state index in [2.05, 4.69) is 15.0 Å². The van der Waals surface area contributed by atoms with Crippen molar-refractivity contribution in [2.45, 2.75) is 25.2 Å². The largest absolute Gasteiger partial charge is 0.370 e. The number of sulfonamides is 1. The van der Waals surface area contributed by atoms with Crippen LogP contribution in [0.2, 0.25) is 0 Å². The first-order chi connectivity index (χ1) is 11.5. The van der Waals surface area contributed by atoms with Gasteiger partial charge in [0.05, 0.1) is 10.6 Å². The summed E-state index contributed by atoms with van der Waals surface area (Å²) in [5.41, 5.74) is 3.32. The molecule has 2 aromatic carbocycles. The van der Waals surface area contributed by atoms with E-state index in [0.29, 0.717) is 5.69 Å². The van der Waals surface area contributed by atoms with Crippen molar-refractivity contribution >= 4 is 21.5 Å². The third kappa shape index (κ3) is 3.59. The number of hydrogen-bond acceptors (Lipinski definition) is 4. The molecule has 0 amide bonds. The molecule has 5 nitrogen and oxygen atoms in total. The Hall–Kier alpha value is -2.34. The first-order valence-electron chi connectivity index (χ1n) is 7.94. The fraction of sp³-hybridized carbons (Fsp3) is 0.278. The fourth-order valence-corrected chi connectivity index (χ4v) is 3.65. The van der Waals surface area contributed by atoms with Crippen LogP contribution in [0, 0.1) is 13.8 Å². The summed E-state index contributed by atoms with van der Waals surface area (Å²) in [4.78, 5) is 4.72. The Balaban J connectivity index is 1.98. The van der Waals surface area contributed by atoms with Gasteiger partial charge in [0.1, 0.15) is 5.84 Å². The lowest BCUT2D eigenvalue weighted by Crippen LogP contribution is -2.31. The average Bonchev–Trinajstić information content (AvgIpc) is 2.56. The minimum atomic E-state index is -3.64. The summed E-state index contributed by atoms with van der Waals surface area (Å²) >= 11 is 0. The molecule has 0 saturated carbocycles. The van der Waals surface area contributed by atoms with E-state index in [9.17, 15) is 8.42 Å². The SMILES string of the molecule is Cc1ccc(S(=O)(=O)Nc2cc(C)ccc2C2=NCCCN2)cc1. The van der Waals surface area contributed by atoms with Gasteiger partial charge in [-0.25, -0.2) is 8.42 Å². The first kappa shape index (κ1) is 16.5. The van der Waals surface area contributed by atoms with E-state index in [1.54, 1.807) is 24.3 Å². The van der Waals surface area contributed by atoms with Crippen LogP contribution in [0.25, 0.3) is 0 Å². The van der Waals surface area contributed by atoms with Gasteiger partial charge in [-0.05, 0) is 50.1 Å². The lowest BCUT2D eigenvalue weighted by molar-refractivity contribution is 0.601. The predicted molar refractivity (Wildman–Crippen MR) is 97.2 cm³/mol. The van der Waals surface area contributed by atoms with E-state index >= 15 is 0 Å². The van der Waals surface area contributed by atoms with E-state index in [1.807, 2.05) is 32.0 Å². The van der Waals surface area contributed by atoms with Gasteiger partial charge in [0.2, 0.25) is 0 Å². The van der Waals surface area contributed by atoms with Crippen LogP contribution in [0.15, 0.2) is 52.4 Å². The highest BCUT2D eigenvalue weighted by molar-refractivity contribution is 7.92. The van der Waals surface area contributed by atoms with Crippen molar-refractivity contribution in [3.63, 3.8) is 0 Å². The number of rotatable bonds is 4. The maximum absolute atomic E-state index is 12.7. The molecule has 0 fully saturated rings. The van der Waals surface area contributed by atoms with Gasteiger partial charge in [-0.2, -0.15) is 0 Å². The second-order valence-electron chi connectivity index (χ2n) is 5.98. The zero-order chi connectivity index (χ0) is 17.2. The van der Waals surface area contributed by atoms with Crippen LogP contribution < -0.4 is 10.0 Å². The molecule has 1 aliphatic rings.